The summed E-state index contributed by atoms with van der Waals surface area (Å²) in [6, 6.07) is 8.99. The second-order valence-corrected chi connectivity index (χ2v) is 4.80. The number of hydrogen-bond donors (Lipinski definition) is 1. The van der Waals surface area contributed by atoms with Gasteiger partial charge in [-0.05, 0) is 42.8 Å². The van der Waals surface area contributed by atoms with Crippen LogP contribution in [0.5, 0.6) is 0 Å². The lowest BCUT2D eigenvalue weighted by Gasteiger charge is -2.01. The summed E-state index contributed by atoms with van der Waals surface area (Å²) >= 11 is 5.80. The first kappa shape index (κ1) is 12.6. The zero-order valence-electron chi connectivity index (χ0n) is 10.7. The number of pyridine rings is 1. The molecule has 0 amide bonds. The van der Waals surface area contributed by atoms with Gasteiger partial charge in [-0.2, -0.15) is 4.98 Å². The summed E-state index contributed by atoms with van der Waals surface area (Å²) < 4.78 is 5.28. The Morgan fingerprint density at radius 1 is 1.20 bits per heavy atom. The van der Waals surface area contributed by atoms with Crippen LogP contribution in [-0.2, 0) is 0 Å². The quantitative estimate of drug-likeness (QED) is 0.731. The third-order valence-corrected chi connectivity index (χ3v) is 3.09. The Morgan fingerprint density at radius 2 is 2.05 bits per heavy atom. The van der Waals surface area contributed by atoms with Crippen molar-refractivity contribution in [3.05, 3.63) is 47.1 Å². The van der Waals surface area contributed by atoms with Crippen molar-refractivity contribution in [3.63, 3.8) is 0 Å². The van der Waals surface area contributed by atoms with Crippen LogP contribution >= 0.6 is 11.6 Å². The Balaban J connectivity index is 1.99. The van der Waals surface area contributed by atoms with Crippen molar-refractivity contribution < 1.29 is 4.52 Å². The fourth-order valence-electron chi connectivity index (χ4n) is 1.87. The molecule has 2 aromatic heterocycles. The molecule has 0 aliphatic heterocycles. The minimum Gasteiger partial charge on any atom is -0.399 e. The highest BCUT2D eigenvalue weighted by atomic mass is 35.5. The molecule has 0 unspecified atom stereocenters. The molecule has 1 aromatic carbocycles. The topological polar surface area (TPSA) is 77.8 Å². The highest BCUT2D eigenvalue weighted by Crippen LogP contribution is 2.25. The van der Waals surface area contributed by atoms with E-state index in [0.717, 1.165) is 11.1 Å². The lowest BCUT2D eigenvalue weighted by atomic mass is 10.1. The highest BCUT2D eigenvalue weighted by Gasteiger charge is 2.13. The molecule has 6 heteroatoms. The second kappa shape index (κ2) is 4.94. The number of benzene rings is 1. The number of anilines is 1. The van der Waals surface area contributed by atoms with Crippen LogP contribution in [0.25, 0.3) is 23.0 Å². The fourth-order valence-corrected chi connectivity index (χ4v) is 1.98. The van der Waals surface area contributed by atoms with Gasteiger partial charge in [-0.3, -0.25) is 4.98 Å². The highest BCUT2D eigenvalue weighted by molar-refractivity contribution is 6.30. The molecule has 2 heterocycles. The molecule has 0 saturated heterocycles. The molecule has 0 aliphatic carbocycles. The molecule has 0 atom stereocenters. The van der Waals surface area contributed by atoms with E-state index in [2.05, 4.69) is 15.1 Å². The van der Waals surface area contributed by atoms with Gasteiger partial charge < -0.3 is 10.3 Å². The molecule has 2 N–H and O–H groups in total. The summed E-state index contributed by atoms with van der Waals surface area (Å²) in [5.41, 5.74) is 8.86. The van der Waals surface area contributed by atoms with Gasteiger partial charge in [0, 0.05) is 17.4 Å². The van der Waals surface area contributed by atoms with Crippen molar-refractivity contribution in [2.45, 2.75) is 6.92 Å². The molecule has 20 heavy (non-hydrogen) atoms. The third kappa shape index (κ3) is 2.35. The molecule has 0 radical (unpaired) electrons. The van der Waals surface area contributed by atoms with E-state index in [-0.39, 0.29) is 0 Å². The summed E-state index contributed by atoms with van der Waals surface area (Å²) in [4.78, 5) is 8.50. The molecule has 0 aliphatic rings. The van der Waals surface area contributed by atoms with Crippen LogP contribution in [-0.4, -0.2) is 15.1 Å². The first-order valence-electron chi connectivity index (χ1n) is 5.95. The van der Waals surface area contributed by atoms with E-state index in [1.54, 1.807) is 24.4 Å². The molecular weight excluding hydrogens is 276 g/mol. The van der Waals surface area contributed by atoms with Crippen molar-refractivity contribution >= 4 is 17.3 Å². The van der Waals surface area contributed by atoms with E-state index in [9.17, 15) is 0 Å². The minimum absolute atomic E-state index is 0.424. The van der Waals surface area contributed by atoms with Crippen LogP contribution in [0.2, 0.25) is 5.02 Å². The SMILES string of the molecule is Cc1cc(N)ccc1-c1nc(-c2ccc(Cl)cn2)no1. The maximum atomic E-state index is 5.80. The van der Waals surface area contributed by atoms with E-state index in [1.165, 1.54) is 0 Å². The van der Waals surface area contributed by atoms with Crippen molar-refractivity contribution in [2.75, 3.05) is 5.73 Å². The molecule has 3 aromatic rings. The molecule has 5 nitrogen and oxygen atoms in total. The van der Waals surface area contributed by atoms with Crippen LogP contribution in [0, 0.1) is 6.92 Å². The normalized spacial score (nSPS) is 10.7. The summed E-state index contributed by atoms with van der Waals surface area (Å²) in [5.74, 6) is 0.863. The van der Waals surface area contributed by atoms with Gasteiger partial charge in [-0.15, -0.1) is 0 Å². The summed E-state index contributed by atoms with van der Waals surface area (Å²) in [5, 5.41) is 4.49. The zero-order valence-corrected chi connectivity index (χ0v) is 11.4. The maximum absolute atomic E-state index is 5.80. The first-order chi connectivity index (χ1) is 9.63. The van der Waals surface area contributed by atoms with Crippen LogP contribution in [0.15, 0.2) is 41.1 Å². The number of nitrogen functional groups attached to an aromatic ring is 1. The molecule has 100 valence electrons. The van der Waals surface area contributed by atoms with Crippen LogP contribution < -0.4 is 5.73 Å². The molecule has 0 bridgehead atoms. The van der Waals surface area contributed by atoms with E-state index in [4.69, 9.17) is 21.9 Å². The van der Waals surface area contributed by atoms with Gasteiger partial charge in [0.15, 0.2) is 0 Å². The smallest absolute Gasteiger partial charge is 0.258 e. The van der Waals surface area contributed by atoms with Crippen LogP contribution in [0.4, 0.5) is 5.69 Å². The lowest BCUT2D eigenvalue weighted by molar-refractivity contribution is 0.432. The van der Waals surface area contributed by atoms with Gasteiger partial charge in [0.2, 0.25) is 5.82 Å². The Morgan fingerprint density at radius 3 is 2.75 bits per heavy atom. The van der Waals surface area contributed by atoms with Crippen molar-refractivity contribution in [1.82, 2.24) is 15.1 Å². The summed E-state index contributed by atoms with van der Waals surface area (Å²) in [7, 11) is 0. The molecule has 0 spiro atoms. The Hall–Kier alpha value is -2.40. The fraction of sp³-hybridized carbons (Fsp3) is 0.0714. The predicted molar refractivity (Wildman–Crippen MR) is 77.1 cm³/mol. The Labute approximate surface area is 120 Å². The third-order valence-electron chi connectivity index (χ3n) is 2.86. The van der Waals surface area contributed by atoms with Gasteiger partial charge in [-0.1, -0.05) is 16.8 Å². The minimum atomic E-state index is 0.424. The van der Waals surface area contributed by atoms with Crippen molar-refractivity contribution in [1.29, 1.82) is 0 Å². The number of rotatable bonds is 2. The largest absolute Gasteiger partial charge is 0.399 e. The van der Waals surface area contributed by atoms with E-state index >= 15 is 0 Å². The van der Waals surface area contributed by atoms with Crippen molar-refractivity contribution in [2.24, 2.45) is 0 Å². The second-order valence-electron chi connectivity index (χ2n) is 4.36. The lowest BCUT2D eigenvalue weighted by Crippen LogP contribution is -1.89. The molecule has 3 rings (SSSR count). The van der Waals surface area contributed by atoms with Gasteiger partial charge in [0.25, 0.3) is 5.89 Å². The number of aryl methyl sites for hydroxylation is 1. The van der Waals surface area contributed by atoms with Crippen LogP contribution in [0.1, 0.15) is 5.56 Å². The van der Waals surface area contributed by atoms with Gasteiger partial charge >= 0.3 is 0 Å². The number of halogens is 1. The van der Waals surface area contributed by atoms with Gasteiger partial charge in [-0.25, -0.2) is 0 Å². The Bertz CT molecular complexity index is 752. The van der Waals surface area contributed by atoms with E-state index in [1.807, 2.05) is 19.1 Å². The number of aromatic nitrogens is 3. The average Bonchev–Trinajstić information content (AvgIpc) is 2.89. The van der Waals surface area contributed by atoms with Gasteiger partial charge in [0.1, 0.15) is 5.69 Å². The monoisotopic (exact) mass is 286 g/mol. The molecule has 0 fully saturated rings. The number of nitrogens with two attached hydrogens (primary N) is 1. The van der Waals surface area contributed by atoms with E-state index < -0.39 is 0 Å². The van der Waals surface area contributed by atoms with Crippen LogP contribution in [0.3, 0.4) is 0 Å². The van der Waals surface area contributed by atoms with Gasteiger partial charge in [0.05, 0.1) is 5.02 Å². The summed E-state index contributed by atoms with van der Waals surface area (Å²) in [6.07, 6.45) is 1.54. The van der Waals surface area contributed by atoms with Crippen molar-refractivity contribution in [3.8, 4) is 23.0 Å². The zero-order chi connectivity index (χ0) is 14.1. The average molecular weight is 287 g/mol. The first-order valence-corrected chi connectivity index (χ1v) is 6.33. The van der Waals surface area contributed by atoms with E-state index in [0.29, 0.717) is 28.1 Å². The predicted octanol–water partition coefficient (Wildman–Crippen LogP) is 3.34. The summed E-state index contributed by atoms with van der Waals surface area (Å²) in [6.45, 7) is 1.94. The Kier molecular flexibility index (Phi) is 3.12. The number of nitrogens with zero attached hydrogens (tertiary/aromatic N) is 3. The standard InChI is InChI=1S/C14H11ClN4O/c1-8-6-10(16)3-4-11(8)14-18-13(19-20-14)12-5-2-9(15)7-17-12/h2-7H,16H2,1H3. The maximum Gasteiger partial charge on any atom is 0.258 e. The molecule has 0 saturated carbocycles. The number of hydrogen-bond acceptors (Lipinski definition) is 5. The molecular formula is C14H11ClN4O.